The second kappa shape index (κ2) is 4.73. The molecule has 2 nitrogen and oxygen atoms in total. The van der Waals surface area contributed by atoms with Gasteiger partial charge in [-0.3, -0.25) is 0 Å². The Bertz CT molecular complexity index is 323. The largest absolute Gasteiger partial charge is 0.381 e. The van der Waals surface area contributed by atoms with Crippen molar-refractivity contribution in [2.24, 2.45) is 5.92 Å². The Morgan fingerprint density at radius 1 is 1.47 bits per heavy atom. The topological polar surface area (TPSA) is 21.3 Å². The predicted octanol–water partition coefficient (Wildman–Crippen LogP) is 2.12. The van der Waals surface area contributed by atoms with E-state index in [1.54, 1.807) is 6.07 Å². The van der Waals surface area contributed by atoms with Crippen molar-refractivity contribution in [3.63, 3.8) is 0 Å². The SMILES string of the molecule is CNC(c1ccccc1F)C1CCOC1. The second-order valence-corrected chi connectivity index (χ2v) is 3.91. The number of nitrogens with one attached hydrogen (secondary N) is 1. The van der Waals surface area contributed by atoms with Crippen LogP contribution in [-0.4, -0.2) is 20.3 Å². The molecule has 2 atom stereocenters. The molecule has 0 amide bonds. The molecule has 1 aromatic rings. The van der Waals surface area contributed by atoms with Crippen molar-refractivity contribution in [2.75, 3.05) is 20.3 Å². The number of hydrogen-bond donors (Lipinski definition) is 1. The van der Waals surface area contributed by atoms with Gasteiger partial charge in [0.1, 0.15) is 5.82 Å². The molecule has 1 fully saturated rings. The Hall–Kier alpha value is -0.930. The first-order valence-electron chi connectivity index (χ1n) is 5.32. The fourth-order valence-electron chi connectivity index (χ4n) is 2.19. The second-order valence-electron chi connectivity index (χ2n) is 3.91. The molecule has 0 radical (unpaired) electrons. The van der Waals surface area contributed by atoms with Crippen LogP contribution in [0.25, 0.3) is 0 Å². The summed E-state index contributed by atoms with van der Waals surface area (Å²) in [5.41, 5.74) is 0.746. The summed E-state index contributed by atoms with van der Waals surface area (Å²) in [6.07, 6.45) is 1.000. The Morgan fingerprint density at radius 2 is 2.27 bits per heavy atom. The van der Waals surface area contributed by atoms with E-state index in [-0.39, 0.29) is 11.9 Å². The van der Waals surface area contributed by atoms with Crippen molar-refractivity contribution in [3.05, 3.63) is 35.6 Å². The zero-order valence-corrected chi connectivity index (χ0v) is 8.87. The smallest absolute Gasteiger partial charge is 0.127 e. The molecule has 1 aliphatic heterocycles. The number of rotatable bonds is 3. The van der Waals surface area contributed by atoms with Crippen LogP contribution in [-0.2, 0) is 4.74 Å². The molecule has 0 aromatic heterocycles. The molecule has 15 heavy (non-hydrogen) atoms. The Kier molecular flexibility index (Phi) is 3.34. The third-order valence-electron chi connectivity index (χ3n) is 2.99. The van der Waals surface area contributed by atoms with Crippen LogP contribution in [0.15, 0.2) is 24.3 Å². The standard InChI is InChI=1S/C12H16FNO/c1-14-12(9-6-7-15-8-9)10-4-2-3-5-11(10)13/h2-5,9,12,14H,6-8H2,1H3. The first-order chi connectivity index (χ1) is 7.33. The van der Waals surface area contributed by atoms with Gasteiger partial charge < -0.3 is 10.1 Å². The first-order valence-corrected chi connectivity index (χ1v) is 5.32. The van der Waals surface area contributed by atoms with Crippen molar-refractivity contribution >= 4 is 0 Å². The number of benzene rings is 1. The molecule has 0 aliphatic carbocycles. The van der Waals surface area contributed by atoms with Gasteiger partial charge >= 0.3 is 0 Å². The molecule has 0 spiro atoms. The van der Waals surface area contributed by atoms with E-state index in [4.69, 9.17) is 4.74 Å². The average molecular weight is 209 g/mol. The van der Waals surface area contributed by atoms with E-state index in [9.17, 15) is 4.39 Å². The molecule has 1 saturated heterocycles. The van der Waals surface area contributed by atoms with Crippen LogP contribution >= 0.6 is 0 Å². The third kappa shape index (κ3) is 2.19. The van der Waals surface area contributed by atoms with Gasteiger partial charge in [0.25, 0.3) is 0 Å². The maximum atomic E-state index is 13.6. The highest BCUT2D eigenvalue weighted by Gasteiger charge is 2.27. The lowest BCUT2D eigenvalue weighted by Crippen LogP contribution is -2.26. The molecule has 0 saturated carbocycles. The zero-order chi connectivity index (χ0) is 10.7. The van der Waals surface area contributed by atoms with E-state index in [0.717, 1.165) is 25.2 Å². The summed E-state index contributed by atoms with van der Waals surface area (Å²) in [5.74, 6) is 0.246. The maximum Gasteiger partial charge on any atom is 0.127 e. The summed E-state index contributed by atoms with van der Waals surface area (Å²) >= 11 is 0. The fourth-order valence-corrected chi connectivity index (χ4v) is 2.19. The lowest BCUT2D eigenvalue weighted by atomic mass is 9.92. The Morgan fingerprint density at radius 3 is 2.87 bits per heavy atom. The van der Waals surface area contributed by atoms with Crippen LogP contribution in [0.5, 0.6) is 0 Å². The normalized spacial score (nSPS) is 22.9. The van der Waals surface area contributed by atoms with Crippen LogP contribution in [0.3, 0.4) is 0 Å². The summed E-state index contributed by atoms with van der Waals surface area (Å²) in [5, 5.41) is 3.18. The van der Waals surface area contributed by atoms with Crippen molar-refractivity contribution in [1.82, 2.24) is 5.32 Å². The van der Waals surface area contributed by atoms with Gasteiger partial charge in [0, 0.05) is 24.1 Å². The van der Waals surface area contributed by atoms with Gasteiger partial charge in [-0.15, -0.1) is 0 Å². The minimum atomic E-state index is -0.135. The van der Waals surface area contributed by atoms with Crippen LogP contribution in [0.2, 0.25) is 0 Å². The van der Waals surface area contributed by atoms with Crippen LogP contribution in [0, 0.1) is 11.7 Å². The van der Waals surface area contributed by atoms with E-state index in [2.05, 4.69) is 5.32 Å². The van der Waals surface area contributed by atoms with Crippen molar-refractivity contribution in [2.45, 2.75) is 12.5 Å². The van der Waals surface area contributed by atoms with Gasteiger partial charge in [0.2, 0.25) is 0 Å². The Labute approximate surface area is 89.4 Å². The van der Waals surface area contributed by atoms with Gasteiger partial charge in [0.15, 0.2) is 0 Å². The average Bonchev–Trinajstić information content (AvgIpc) is 2.75. The fraction of sp³-hybridized carbons (Fsp3) is 0.500. The number of ether oxygens (including phenoxy) is 1. The minimum absolute atomic E-state index is 0.0636. The van der Waals surface area contributed by atoms with Gasteiger partial charge in [-0.25, -0.2) is 4.39 Å². The minimum Gasteiger partial charge on any atom is -0.381 e. The summed E-state index contributed by atoms with van der Waals surface area (Å²) in [6, 6.07) is 7.01. The van der Waals surface area contributed by atoms with E-state index >= 15 is 0 Å². The van der Waals surface area contributed by atoms with Gasteiger partial charge in [-0.05, 0) is 19.5 Å². The van der Waals surface area contributed by atoms with Gasteiger partial charge in [0.05, 0.1) is 6.61 Å². The van der Waals surface area contributed by atoms with E-state index in [1.165, 1.54) is 6.07 Å². The highest BCUT2D eigenvalue weighted by molar-refractivity contribution is 5.22. The Balaban J connectivity index is 2.22. The summed E-state index contributed by atoms with van der Waals surface area (Å²) < 4.78 is 18.9. The third-order valence-corrected chi connectivity index (χ3v) is 2.99. The molecule has 82 valence electrons. The monoisotopic (exact) mass is 209 g/mol. The van der Waals surface area contributed by atoms with E-state index < -0.39 is 0 Å². The molecule has 2 unspecified atom stereocenters. The molecule has 1 aliphatic rings. The van der Waals surface area contributed by atoms with Crippen LogP contribution in [0.4, 0.5) is 4.39 Å². The molecule has 3 heteroatoms. The molecule has 1 aromatic carbocycles. The summed E-state index contributed by atoms with van der Waals surface area (Å²) in [4.78, 5) is 0. The molecule has 1 N–H and O–H groups in total. The summed E-state index contributed by atoms with van der Waals surface area (Å²) in [6.45, 7) is 1.51. The highest BCUT2D eigenvalue weighted by Crippen LogP contribution is 2.29. The molecular formula is C12H16FNO. The highest BCUT2D eigenvalue weighted by atomic mass is 19.1. The van der Waals surface area contributed by atoms with Crippen LogP contribution in [0.1, 0.15) is 18.0 Å². The molecule has 1 heterocycles. The van der Waals surface area contributed by atoms with Crippen molar-refractivity contribution in [1.29, 1.82) is 0 Å². The first kappa shape index (κ1) is 10.6. The van der Waals surface area contributed by atoms with E-state index in [0.29, 0.717) is 5.92 Å². The number of halogens is 1. The van der Waals surface area contributed by atoms with Crippen molar-refractivity contribution in [3.8, 4) is 0 Å². The van der Waals surface area contributed by atoms with E-state index in [1.807, 2.05) is 19.2 Å². The van der Waals surface area contributed by atoms with Gasteiger partial charge in [-0.2, -0.15) is 0 Å². The zero-order valence-electron chi connectivity index (χ0n) is 8.87. The molecular weight excluding hydrogens is 193 g/mol. The molecule has 0 bridgehead atoms. The molecule has 2 rings (SSSR count). The van der Waals surface area contributed by atoms with Gasteiger partial charge in [-0.1, -0.05) is 18.2 Å². The lowest BCUT2D eigenvalue weighted by Gasteiger charge is -2.22. The quantitative estimate of drug-likeness (QED) is 0.823. The number of hydrogen-bond acceptors (Lipinski definition) is 2. The maximum absolute atomic E-state index is 13.6. The summed E-state index contributed by atoms with van der Waals surface area (Å²) in [7, 11) is 1.87. The predicted molar refractivity (Wildman–Crippen MR) is 57.1 cm³/mol. The van der Waals surface area contributed by atoms with Crippen molar-refractivity contribution < 1.29 is 9.13 Å². The lowest BCUT2D eigenvalue weighted by molar-refractivity contribution is 0.177. The van der Waals surface area contributed by atoms with Crippen LogP contribution < -0.4 is 5.32 Å².